The number of Topliss-reactive ketones (excluding diaryl/α,β-unsaturated/α-hetero) is 1. The highest BCUT2D eigenvalue weighted by Crippen LogP contribution is 2.48. The predicted molar refractivity (Wildman–Crippen MR) is 179 cm³/mol. The van der Waals surface area contributed by atoms with Crippen molar-refractivity contribution in [3.05, 3.63) is 112 Å². The fourth-order valence-electron chi connectivity index (χ4n) is 7.90. The number of benzene rings is 2. The minimum atomic E-state index is -4.95. The number of likely N-dealkylation sites (tertiary alicyclic amines) is 1. The normalized spacial score (nSPS) is 20.3. The number of piperidine rings is 2. The molecule has 1 amide bonds. The van der Waals surface area contributed by atoms with Crippen LogP contribution in [0.4, 0.5) is 32.2 Å². The topological polar surface area (TPSA) is 91.6 Å². The Morgan fingerprint density at radius 1 is 0.846 bits per heavy atom. The first-order valence-electron chi connectivity index (χ1n) is 17.4. The monoisotopic (exact) mass is 725 g/mol. The number of ketones is 1. The van der Waals surface area contributed by atoms with Gasteiger partial charge in [-0.05, 0) is 49.3 Å². The summed E-state index contributed by atoms with van der Waals surface area (Å²) in [4.78, 5) is 33.6. The number of aliphatic hydroxyl groups excluding tert-OH is 1. The lowest BCUT2D eigenvalue weighted by atomic mass is 9.78. The van der Waals surface area contributed by atoms with E-state index in [2.05, 4.69) is 4.98 Å². The Balaban J connectivity index is 1.25. The van der Waals surface area contributed by atoms with Gasteiger partial charge in [0.2, 0.25) is 0 Å². The van der Waals surface area contributed by atoms with E-state index in [9.17, 15) is 41.0 Å². The van der Waals surface area contributed by atoms with Gasteiger partial charge in [-0.1, -0.05) is 60.7 Å². The van der Waals surface area contributed by atoms with Crippen LogP contribution in [0.15, 0.2) is 72.9 Å². The molecule has 0 bridgehead atoms. The van der Waals surface area contributed by atoms with Crippen LogP contribution in [0.3, 0.4) is 0 Å². The third-order valence-electron chi connectivity index (χ3n) is 10.5. The molecule has 2 fully saturated rings. The molecule has 2 aromatic carbocycles. The van der Waals surface area contributed by atoms with Crippen molar-refractivity contribution in [2.45, 2.75) is 74.9 Å². The summed E-state index contributed by atoms with van der Waals surface area (Å²) in [5, 5.41) is 15.6. The van der Waals surface area contributed by atoms with Crippen LogP contribution in [-0.4, -0.2) is 74.9 Å². The van der Waals surface area contributed by atoms with E-state index in [1.807, 2.05) is 60.7 Å². The summed E-state index contributed by atoms with van der Waals surface area (Å²) in [5.74, 6) is -4.49. The van der Waals surface area contributed by atoms with Gasteiger partial charge in [-0.3, -0.25) is 14.3 Å². The number of anilines is 1. The molecule has 0 spiro atoms. The molecule has 1 N–H and O–H groups in total. The molecule has 14 heteroatoms. The van der Waals surface area contributed by atoms with Gasteiger partial charge in [0.15, 0.2) is 5.78 Å². The predicted octanol–water partition coefficient (Wildman–Crippen LogP) is 7.08. The van der Waals surface area contributed by atoms with E-state index in [0.717, 1.165) is 17.5 Å². The molecular formula is C38H37F6N5O3. The summed E-state index contributed by atoms with van der Waals surface area (Å²) >= 11 is 0. The average molecular weight is 726 g/mol. The van der Waals surface area contributed by atoms with E-state index in [1.165, 1.54) is 15.6 Å². The number of fused-ring (bicyclic) bond motifs is 1. The molecule has 52 heavy (non-hydrogen) atoms. The van der Waals surface area contributed by atoms with Gasteiger partial charge in [0, 0.05) is 43.9 Å². The second kappa shape index (κ2) is 14.0. The lowest BCUT2D eigenvalue weighted by Crippen LogP contribution is -2.43. The molecule has 0 radical (unpaired) electrons. The molecule has 7 rings (SSSR count). The smallest absolute Gasteiger partial charge is 0.384 e. The van der Waals surface area contributed by atoms with Crippen LogP contribution in [-0.2, 0) is 17.4 Å². The van der Waals surface area contributed by atoms with Crippen LogP contribution >= 0.6 is 0 Å². The van der Waals surface area contributed by atoms with Crippen LogP contribution in [0.1, 0.15) is 94.0 Å². The van der Waals surface area contributed by atoms with E-state index >= 15 is 0 Å². The highest BCUT2D eigenvalue weighted by molar-refractivity contribution is 5.96. The summed E-state index contributed by atoms with van der Waals surface area (Å²) < 4.78 is 88.0. The fraction of sp³-hybridized carbons (Fsp3) is 0.421. The van der Waals surface area contributed by atoms with Crippen molar-refractivity contribution >= 4 is 17.5 Å². The van der Waals surface area contributed by atoms with E-state index in [-0.39, 0.29) is 48.7 Å². The highest BCUT2D eigenvalue weighted by atomic mass is 19.4. The van der Waals surface area contributed by atoms with Crippen LogP contribution < -0.4 is 4.90 Å². The number of halogens is 6. The number of amides is 1. The largest absolute Gasteiger partial charge is 0.418 e. The summed E-state index contributed by atoms with van der Waals surface area (Å²) in [7, 11) is 0. The molecular weight excluding hydrogens is 688 g/mol. The van der Waals surface area contributed by atoms with Crippen molar-refractivity contribution < 1.29 is 41.0 Å². The first-order chi connectivity index (χ1) is 24.8. The lowest BCUT2D eigenvalue weighted by Gasteiger charge is -2.35. The van der Waals surface area contributed by atoms with Crippen LogP contribution in [0.25, 0.3) is 0 Å². The number of pyridine rings is 1. The van der Waals surface area contributed by atoms with E-state index in [0.29, 0.717) is 32.1 Å². The Morgan fingerprint density at radius 2 is 1.44 bits per heavy atom. The number of hydrogen-bond donors (Lipinski definition) is 1. The van der Waals surface area contributed by atoms with Crippen LogP contribution in [0.2, 0.25) is 0 Å². The third kappa shape index (κ3) is 6.80. The van der Waals surface area contributed by atoms with E-state index < -0.39 is 65.6 Å². The molecule has 0 unspecified atom stereocenters. The van der Waals surface area contributed by atoms with Gasteiger partial charge >= 0.3 is 12.4 Å². The number of carbonyl (C=O) groups excluding carboxylic acids is 2. The van der Waals surface area contributed by atoms with Crippen LogP contribution in [0, 0.1) is 0 Å². The number of carbonyl (C=O) groups is 2. The Hall–Kier alpha value is -4.72. The van der Waals surface area contributed by atoms with E-state index in [1.54, 1.807) is 4.90 Å². The highest BCUT2D eigenvalue weighted by Gasteiger charge is 2.54. The molecule has 4 aromatic rings. The van der Waals surface area contributed by atoms with Crippen molar-refractivity contribution in [2.24, 2.45) is 0 Å². The second-order valence-electron chi connectivity index (χ2n) is 13.7. The molecule has 2 saturated heterocycles. The van der Waals surface area contributed by atoms with Gasteiger partial charge in [0.25, 0.3) is 5.91 Å². The summed E-state index contributed by atoms with van der Waals surface area (Å²) in [5.41, 5.74) is -0.0706. The Labute approximate surface area is 296 Å². The van der Waals surface area contributed by atoms with Gasteiger partial charge in [-0.2, -0.15) is 31.4 Å². The second-order valence-corrected chi connectivity index (χ2v) is 13.7. The average Bonchev–Trinajstić information content (AvgIpc) is 3.49. The molecule has 8 nitrogen and oxygen atoms in total. The van der Waals surface area contributed by atoms with Crippen molar-refractivity contribution in [3.63, 3.8) is 0 Å². The number of aromatic nitrogens is 3. The van der Waals surface area contributed by atoms with Crippen molar-refractivity contribution in [3.8, 4) is 0 Å². The molecule has 2 atom stereocenters. The lowest BCUT2D eigenvalue weighted by molar-refractivity contribution is -0.179. The van der Waals surface area contributed by atoms with Gasteiger partial charge in [0.1, 0.15) is 23.9 Å². The molecule has 0 saturated carbocycles. The Kier molecular flexibility index (Phi) is 9.62. The maximum atomic E-state index is 14.8. The van der Waals surface area contributed by atoms with Crippen LogP contribution in [0.5, 0.6) is 0 Å². The zero-order valence-electron chi connectivity index (χ0n) is 28.1. The van der Waals surface area contributed by atoms with Crippen molar-refractivity contribution in [1.82, 2.24) is 19.7 Å². The quantitative estimate of drug-likeness (QED) is 0.214. The zero-order valence-corrected chi connectivity index (χ0v) is 28.1. The number of aliphatic hydroxyl groups is 1. The van der Waals surface area contributed by atoms with Gasteiger partial charge in [-0.15, -0.1) is 0 Å². The van der Waals surface area contributed by atoms with Gasteiger partial charge in [-0.25, -0.2) is 4.98 Å². The first kappa shape index (κ1) is 35.7. The molecule has 274 valence electrons. The number of nitrogens with zero attached hydrogens (tertiary/aromatic N) is 5. The molecule has 3 aliphatic rings. The maximum Gasteiger partial charge on any atom is 0.418 e. The molecule has 2 aromatic heterocycles. The molecule has 1 aliphatic carbocycles. The maximum absolute atomic E-state index is 14.8. The summed E-state index contributed by atoms with van der Waals surface area (Å²) in [6.45, 7) is 1.15. The Bertz CT molecular complexity index is 1880. The first-order valence-corrected chi connectivity index (χ1v) is 17.4. The molecule has 2 aliphatic heterocycles. The zero-order chi connectivity index (χ0) is 36.8. The standard InChI is InChI=1S/C38H37F6N5O3/c39-37(40,41)27-22-45-30(20-26(27)36(52)48-16-8-3-9-17-48)47-18-14-23(15-19-47)33-31-28(21-29(50)35(51)32(31)38(42,43)44)49(46-33)34(24-10-4-1-5-11-24)25-12-6-2-7-13-25/h1-2,4-7,10-13,20,22-23,32,34-35,51H,3,8-9,14-19,21H2/t32-,35+/m1/s1. The number of alkyl halides is 6. The minimum absolute atomic E-state index is 0.0954. The van der Waals surface area contributed by atoms with Crippen molar-refractivity contribution in [1.29, 1.82) is 0 Å². The van der Waals surface area contributed by atoms with Gasteiger partial charge < -0.3 is 14.9 Å². The van der Waals surface area contributed by atoms with Crippen molar-refractivity contribution in [2.75, 3.05) is 31.1 Å². The fourth-order valence-corrected chi connectivity index (χ4v) is 7.90. The minimum Gasteiger partial charge on any atom is -0.384 e. The summed E-state index contributed by atoms with van der Waals surface area (Å²) in [6.07, 6.45) is -8.97. The molecule has 4 heterocycles. The van der Waals surface area contributed by atoms with E-state index in [4.69, 9.17) is 5.10 Å². The third-order valence-corrected chi connectivity index (χ3v) is 10.5. The Morgan fingerprint density at radius 3 is 2.00 bits per heavy atom. The SMILES string of the molecule is O=C1Cc2c(c(C3CCN(c4cc(C(=O)N5CCCCC5)c(C(F)(F)F)cn4)CC3)nn2C(c2ccccc2)c2ccccc2)[C@@H](C(F)(F)F)[C@H]1O. The van der Waals surface area contributed by atoms with Gasteiger partial charge in [0.05, 0.1) is 28.9 Å². The number of hydrogen-bond acceptors (Lipinski definition) is 6. The number of rotatable bonds is 6. The summed E-state index contributed by atoms with van der Waals surface area (Å²) in [6, 6.07) is 18.7.